The van der Waals surface area contributed by atoms with E-state index in [1.54, 1.807) is 6.20 Å². The van der Waals surface area contributed by atoms with Gasteiger partial charge in [0.1, 0.15) is 5.01 Å². The predicted molar refractivity (Wildman–Crippen MR) is 55.3 cm³/mol. The van der Waals surface area contributed by atoms with Gasteiger partial charge in [-0.15, -0.1) is 0 Å². The molecule has 0 unspecified atom stereocenters. The standard InChI is InChI=1S/C8H7N3S2/c1-5-4-9-3-2-6(5)7-10-11-8(12)13-7/h2-4H,1H3,(H,11,12). The van der Waals surface area contributed by atoms with E-state index >= 15 is 0 Å². The molecule has 0 aliphatic rings. The number of hydrogen-bond donors (Lipinski definition) is 1. The maximum atomic E-state index is 4.96. The summed E-state index contributed by atoms with van der Waals surface area (Å²) in [6.07, 6.45) is 3.58. The molecule has 0 aromatic carbocycles. The molecular weight excluding hydrogens is 202 g/mol. The van der Waals surface area contributed by atoms with Crippen LogP contribution in [0.3, 0.4) is 0 Å². The number of hydrogen-bond acceptors (Lipinski definition) is 4. The van der Waals surface area contributed by atoms with Crippen molar-refractivity contribution in [3.63, 3.8) is 0 Å². The van der Waals surface area contributed by atoms with Crippen LogP contribution in [-0.2, 0) is 0 Å². The van der Waals surface area contributed by atoms with E-state index in [0.29, 0.717) is 3.95 Å². The maximum Gasteiger partial charge on any atom is 0.176 e. The van der Waals surface area contributed by atoms with Gasteiger partial charge in [0.15, 0.2) is 3.95 Å². The molecule has 0 radical (unpaired) electrons. The minimum atomic E-state index is 0.700. The lowest BCUT2D eigenvalue weighted by Crippen LogP contribution is -1.83. The molecule has 2 aromatic heterocycles. The fourth-order valence-corrected chi connectivity index (χ4v) is 2.04. The molecule has 2 rings (SSSR count). The van der Waals surface area contributed by atoms with Gasteiger partial charge >= 0.3 is 0 Å². The van der Waals surface area contributed by atoms with Gasteiger partial charge in [0, 0.05) is 18.0 Å². The van der Waals surface area contributed by atoms with Crippen LogP contribution in [-0.4, -0.2) is 15.2 Å². The average molecular weight is 209 g/mol. The lowest BCUT2D eigenvalue weighted by atomic mass is 10.2. The molecule has 3 nitrogen and oxygen atoms in total. The molecule has 2 heterocycles. The number of H-pyrrole nitrogens is 1. The topological polar surface area (TPSA) is 41.6 Å². The van der Waals surface area contributed by atoms with E-state index in [2.05, 4.69) is 15.2 Å². The highest BCUT2D eigenvalue weighted by Crippen LogP contribution is 2.23. The predicted octanol–water partition coefficient (Wildman–Crippen LogP) is 2.57. The number of pyridine rings is 1. The maximum absolute atomic E-state index is 4.96. The SMILES string of the molecule is Cc1cnccc1-c1n[nH]c(=S)s1. The van der Waals surface area contributed by atoms with Crippen LogP contribution in [0.5, 0.6) is 0 Å². The zero-order valence-electron chi connectivity index (χ0n) is 6.94. The van der Waals surface area contributed by atoms with Gasteiger partial charge in [0.25, 0.3) is 0 Å². The number of aromatic amines is 1. The highest BCUT2D eigenvalue weighted by Gasteiger charge is 2.04. The first-order chi connectivity index (χ1) is 6.27. The van der Waals surface area contributed by atoms with Crippen LogP contribution in [0.25, 0.3) is 10.6 Å². The van der Waals surface area contributed by atoms with Gasteiger partial charge in [-0.3, -0.25) is 10.1 Å². The smallest absolute Gasteiger partial charge is 0.176 e. The molecule has 0 amide bonds. The van der Waals surface area contributed by atoms with Crippen molar-refractivity contribution < 1.29 is 0 Å². The zero-order valence-corrected chi connectivity index (χ0v) is 8.58. The van der Waals surface area contributed by atoms with Crippen molar-refractivity contribution in [3.8, 4) is 10.6 Å². The van der Waals surface area contributed by atoms with Crippen molar-refractivity contribution in [2.45, 2.75) is 6.92 Å². The van der Waals surface area contributed by atoms with Crippen LogP contribution in [0.2, 0.25) is 0 Å². The van der Waals surface area contributed by atoms with E-state index < -0.39 is 0 Å². The third kappa shape index (κ3) is 1.66. The van der Waals surface area contributed by atoms with Crippen LogP contribution in [0.15, 0.2) is 18.5 Å². The second-order valence-electron chi connectivity index (χ2n) is 2.61. The average Bonchev–Trinajstić information content (AvgIpc) is 2.53. The number of aryl methyl sites for hydroxylation is 1. The van der Waals surface area contributed by atoms with Gasteiger partial charge in [-0.1, -0.05) is 11.3 Å². The molecule has 0 bridgehead atoms. The van der Waals surface area contributed by atoms with Gasteiger partial charge in [0.2, 0.25) is 0 Å². The number of nitrogens with one attached hydrogen (secondary N) is 1. The van der Waals surface area contributed by atoms with Gasteiger partial charge in [-0.25, -0.2) is 0 Å². The van der Waals surface area contributed by atoms with E-state index in [1.165, 1.54) is 11.3 Å². The zero-order chi connectivity index (χ0) is 9.26. The summed E-state index contributed by atoms with van der Waals surface area (Å²) < 4.78 is 0.700. The van der Waals surface area contributed by atoms with Gasteiger partial charge < -0.3 is 0 Å². The van der Waals surface area contributed by atoms with E-state index in [0.717, 1.165) is 16.1 Å². The van der Waals surface area contributed by atoms with Crippen LogP contribution in [0.4, 0.5) is 0 Å². The van der Waals surface area contributed by atoms with E-state index in [4.69, 9.17) is 12.2 Å². The van der Waals surface area contributed by atoms with E-state index in [9.17, 15) is 0 Å². The minimum Gasteiger partial charge on any atom is -0.264 e. The summed E-state index contributed by atoms with van der Waals surface area (Å²) in [5.41, 5.74) is 2.20. The summed E-state index contributed by atoms with van der Waals surface area (Å²) in [5, 5.41) is 7.79. The number of rotatable bonds is 1. The van der Waals surface area contributed by atoms with E-state index in [1.807, 2.05) is 19.2 Å². The summed E-state index contributed by atoms with van der Waals surface area (Å²) in [6.45, 7) is 2.01. The Labute approximate surface area is 84.5 Å². The third-order valence-corrected chi connectivity index (χ3v) is 2.81. The van der Waals surface area contributed by atoms with Crippen molar-refractivity contribution in [2.24, 2.45) is 0 Å². The second kappa shape index (κ2) is 3.35. The monoisotopic (exact) mass is 209 g/mol. The fraction of sp³-hybridized carbons (Fsp3) is 0.125. The molecule has 1 N–H and O–H groups in total. The fourth-order valence-electron chi connectivity index (χ4n) is 1.06. The molecule has 0 saturated carbocycles. The third-order valence-electron chi connectivity index (χ3n) is 1.69. The molecule has 13 heavy (non-hydrogen) atoms. The van der Waals surface area contributed by atoms with Crippen molar-refractivity contribution >= 4 is 23.6 Å². The Morgan fingerprint density at radius 3 is 3.00 bits per heavy atom. The largest absolute Gasteiger partial charge is 0.264 e. The molecular formula is C8H7N3S2. The van der Waals surface area contributed by atoms with Crippen LogP contribution in [0, 0.1) is 10.9 Å². The molecule has 0 aliphatic heterocycles. The van der Waals surface area contributed by atoms with Gasteiger partial charge in [-0.05, 0) is 30.8 Å². The number of aromatic nitrogens is 3. The molecule has 0 aliphatic carbocycles. The first kappa shape index (κ1) is 8.52. The molecule has 0 saturated heterocycles. The van der Waals surface area contributed by atoms with Crippen LogP contribution < -0.4 is 0 Å². The Bertz CT molecular complexity index is 472. The Hall–Kier alpha value is -1.07. The lowest BCUT2D eigenvalue weighted by Gasteiger charge is -1.97. The number of nitrogens with zero attached hydrogens (tertiary/aromatic N) is 2. The van der Waals surface area contributed by atoms with Crippen molar-refractivity contribution in [1.82, 2.24) is 15.2 Å². The second-order valence-corrected chi connectivity index (χ2v) is 4.27. The molecule has 0 spiro atoms. The van der Waals surface area contributed by atoms with Gasteiger partial charge in [0.05, 0.1) is 0 Å². The first-order valence-electron chi connectivity index (χ1n) is 3.74. The first-order valence-corrected chi connectivity index (χ1v) is 4.96. The van der Waals surface area contributed by atoms with Gasteiger partial charge in [-0.2, -0.15) is 5.10 Å². The Kier molecular flexibility index (Phi) is 2.20. The van der Waals surface area contributed by atoms with Crippen LogP contribution >= 0.6 is 23.6 Å². The molecule has 2 aromatic rings. The molecule has 0 atom stereocenters. The minimum absolute atomic E-state index is 0.700. The molecule has 66 valence electrons. The van der Waals surface area contributed by atoms with Crippen LogP contribution in [0.1, 0.15) is 5.56 Å². The van der Waals surface area contributed by atoms with Crippen molar-refractivity contribution in [2.75, 3.05) is 0 Å². The Morgan fingerprint density at radius 1 is 1.54 bits per heavy atom. The normalized spacial score (nSPS) is 10.2. The van der Waals surface area contributed by atoms with Crippen molar-refractivity contribution in [1.29, 1.82) is 0 Å². The molecule has 0 fully saturated rings. The van der Waals surface area contributed by atoms with E-state index in [-0.39, 0.29) is 0 Å². The lowest BCUT2D eigenvalue weighted by molar-refractivity contribution is 1.08. The highest BCUT2D eigenvalue weighted by molar-refractivity contribution is 7.73. The summed E-state index contributed by atoms with van der Waals surface area (Å²) in [6, 6.07) is 1.94. The van der Waals surface area contributed by atoms with Crippen molar-refractivity contribution in [3.05, 3.63) is 28.0 Å². The summed E-state index contributed by atoms with van der Waals surface area (Å²) in [4.78, 5) is 4.02. The Morgan fingerprint density at radius 2 is 2.38 bits per heavy atom. The summed E-state index contributed by atoms with van der Waals surface area (Å²) in [5.74, 6) is 0. The quantitative estimate of drug-likeness (QED) is 0.734. The summed E-state index contributed by atoms with van der Waals surface area (Å²) >= 11 is 6.44. The molecule has 5 heteroatoms. The Balaban J connectivity index is 2.58. The summed E-state index contributed by atoms with van der Waals surface area (Å²) in [7, 11) is 0. The highest BCUT2D eigenvalue weighted by atomic mass is 32.1.